The molecule has 170 valence electrons. The Kier molecular flexibility index (Phi) is 6.75. The van der Waals surface area contributed by atoms with E-state index in [4.69, 9.17) is 4.42 Å². The van der Waals surface area contributed by atoms with Gasteiger partial charge in [0.1, 0.15) is 10.6 Å². The summed E-state index contributed by atoms with van der Waals surface area (Å²) in [6.45, 7) is 6.16. The number of para-hydroxylation sites is 1. The molecule has 5 rings (SSSR count). The minimum Gasteiger partial charge on any atom is -0.451 e. The van der Waals surface area contributed by atoms with Gasteiger partial charge in [-0.15, -0.1) is 10.2 Å². The number of hydrogen-bond donors (Lipinski definition) is 0. The highest BCUT2D eigenvalue weighted by Gasteiger charge is 2.28. The van der Waals surface area contributed by atoms with Gasteiger partial charge in [0.2, 0.25) is 0 Å². The normalized spacial score (nSPS) is 14.8. The van der Waals surface area contributed by atoms with Crippen LogP contribution in [0.15, 0.2) is 63.4 Å². The molecule has 0 saturated carbocycles. The quantitative estimate of drug-likeness (QED) is 0.353. The van der Waals surface area contributed by atoms with Gasteiger partial charge >= 0.3 is 0 Å². The van der Waals surface area contributed by atoms with E-state index in [1.807, 2.05) is 42.2 Å². The van der Waals surface area contributed by atoms with E-state index in [0.717, 1.165) is 51.9 Å². The second kappa shape index (κ2) is 10.1. The van der Waals surface area contributed by atoms with Crippen molar-refractivity contribution in [1.82, 2.24) is 20.0 Å². The summed E-state index contributed by atoms with van der Waals surface area (Å²) in [5.41, 5.74) is 3.05. The third-order valence-corrected chi connectivity index (χ3v) is 7.96. The monoisotopic (exact) mass is 478 g/mol. The number of benzene rings is 2. The van der Waals surface area contributed by atoms with Crippen LogP contribution in [-0.4, -0.2) is 58.6 Å². The second-order valence-electron chi connectivity index (χ2n) is 8.15. The molecule has 1 aliphatic heterocycles. The Morgan fingerprint density at radius 2 is 1.79 bits per heavy atom. The number of hydrogen-bond acceptors (Lipinski definition) is 7. The van der Waals surface area contributed by atoms with Gasteiger partial charge in [0, 0.05) is 49.4 Å². The van der Waals surface area contributed by atoms with E-state index in [1.165, 1.54) is 5.56 Å². The summed E-state index contributed by atoms with van der Waals surface area (Å²) in [5.74, 6) is 1.07. The van der Waals surface area contributed by atoms with Gasteiger partial charge in [-0.2, -0.15) is 0 Å². The predicted octanol–water partition coefficient (Wildman–Crippen LogP) is 4.89. The van der Waals surface area contributed by atoms with Crippen LogP contribution < -0.4 is 0 Å². The Morgan fingerprint density at radius 3 is 2.55 bits per heavy atom. The Bertz CT molecular complexity index is 1230. The summed E-state index contributed by atoms with van der Waals surface area (Å²) >= 11 is 3.17. The molecule has 0 bridgehead atoms. The van der Waals surface area contributed by atoms with Crippen LogP contribution in [-0.2, 0) is 12.2 Å². The minimum atomic E-state index is -0.0158. The van der Waals surface area contributed by atoms with Gasteiger partial charge in [-0.1, -0.05) is 71.6 Å². The number of thioether (sulfide) groups is 1. The molecule has 0 radical (unpaired) electrons. The number of furan rings is 1. The second-order valence-corrected chi connectivity index (χ2v) is 10.6. The zero-order chi connectivity index (χ0) is 22.6. The molecule has 0 N–H and O–H groups in total. The molecule has 1 saturated heterocycles. The third kappa shape index (κ3) is 5.13. The maximum atomic E-state index is 13.5. The van der Waals surface area contributed by atoms with Crippen molar-refractivity contribution >= 4 is 40.0 Å². The molecule has 4 aromatic rings. The van der Waals surface area contributed by atoms with Crippen molar-refractivity contribution in [2.75, 3.05) is 32.7 Å². The van der Waals surface area contributed by atoms with E-state index in [-0.39, 0.29) is 5.91 Å². The number of carbonyl (C=O) groups excluding carboxylic acids is 1. The van der Waals surface area contributed by atoms with Gasteiger partial charge < -0.3 is 9.32 Å². The molecule has 1 aliphatic rings. The van der Waals surface area contributed by atoms with Crippen molar-refractivity contribution in [2.45, 2.75) is 23.4 Å². The highest BCUT2D eigenvalue weighted by molar-refractivity contribution is 8.00. The number of aryl methyl sites for hydroxylation is 1. The molecule has 2 aromatic heterocycles. The zero-order valence-electron chi connectivity index (χ0n) is 18.6. The Labute approximate surface area is 201 Å². The van der Waals surface area contributed by atoms with Crippen LogP contribution in [0.3, 0.4) is 0 Å². The lowest BCUT2D eigenvalue weighted by atomic mass is 10.1. The molecule has 0 spiro atoms. The highest BCUT2D eigenvalue weighted by Crippen LogP contribution is 2.33. The molecule has 0 unspecified atom stereocenters. The summed E-state index contributed by atoms with van der Waals surface area (Å²) < 4.78 is 6.99. The minimum absolute atomic E-state index is 0.0158. The van der Waals surface area contributed by atoms with Crippen LogP contribution in [0, 0.1) is 6.92 Å². The van der Waals surface area contributed by atoms with Crippen LogP contribution in [0.2, 0.25) is 0 Å². The predicted molar refractivity (Wildman–Crippen MR) is 133 cm³/mol. The summed E-state index contributed by atoms with van der Waals surface area (Å²) in [4.78, 5) is 17.8. The smallest absolute Gasteiger partial charge is 0.290 e. The molecule has 0 aliphatic carbocycles. The van der Waals surface area contributed by atoms with Crippen molar-refractivity contribution in [3.63, 3.8) is 0 Å². The molecular weight excluding hydrogens is 452 g/mol. The number of nitrogens with zero attached hydrogens (tertiary/aromatic N) is 4. The lowest BCUT2D eigenvalue weighted by Crippen LogP contribution is -2.49. The van der Waals surface area contributed by atoms with Crippen LogP contribution in [0.1, 0.15) is 26.7 Å². The lowest BCUT2D eigenvalue weighted by Gasteiger charge is -2.34. The first kappa shape index (κ1) is 22.1. The van der Waals surface area contributed by atoms with Gasteiger partial charge in [0.05, 0.1) is 0 Å². The van der Waals surface area contributed by atoms with E-state index in [0.29, 0.717) is 24.6 Å². The van der Waals surface area contributed by atoms with Crippen molar-refractivity contribution in [3.8, 4) is 0 Å². The van der Waals surface area contributed by atoms with E-state index < -0.39 is 0 Å². The molecule has 3 heterocycles. The molecule has 2 aromatic carbocycles. The van der Waals surface area contributed by atoms with Gasteiger partial charge in [-0.05, 0) is 25.0 Å². The standard InChI is InChI=1S/C25H26N4O2S2/c1-18-26-27-25(33-18)32-17-21-20-9-5-6-10-22(20)31-23(21)24(30)29-15-13-28(14-16-29)12-11-19-7-3-2-4-8-19/h2-10H,11-17H2,1H3. The first-order valence-corrected chi connectivity index (χ1v) is 13.0. The molecule has 33 heavy (non-hydrogen) atoms. The third-order valence-electron chi connectivity index (χ3n) is 5.96. The molecule has 1 fully saturated rings. The molecular formula is C25H26N4O2S2. The largest absolute Gasteiger partial charge is 0.451 e. The number of aromatic nitrogens is 2. The van der Waals surface area contributed by atoms with Gasteiger partial charge in [-0.3, -0.25) is 9.69 Å². The summed E-state index contributed by atoms with van der Waals surface area (Å²) in [5, 5.41) is 10.2. The molecule has 6 nitrogen and oxygen atoms in total. The van der Waals surface area contributed by atoms with E-state index in [2.05, 4.69) is 39.4 Å². The number of fused-ring (bicyclic) bond motifs is 1. The van der Waals surface area contributed by atoms with Crippen molar-refractivity contribution < 1.29 is 9.21 Å². The van der Waals surface area contributed by atoms with Crippen LogP contribution >= 0.6 is 23.1 Å². The Morgan fingerprint density at radius 1 is 1.03 bits per heavy atom. The fraction of sp³-hybridized carbons (Fsp3) is 0.320. The molecule has 8 heteroatoms. The number of amides is 1. The fourth-order valence-electron chi connectivity index (χ4n) is 4.14. The molecule has 1 amide bonds. The average molecular weight is 479 g/mol. The first-order valence-electron chi connectivity index (χ1n) is 11.2. The Balaban J connectivity index is 1.26. The Hall–Kier alpha value is -2.68. The van der Waals surface area contributed by atoms with Crippen molar-refractivity contribution in [2.24, 2.45) is 0 Å². The maximum absolute atomic E-state index is 13.5. The number of piperazine rings is 1. The van der Waals surface area contributed by atoms with E-state index in [9.17, 15) is 4.79 Å². The average Bonchev–Trinajstić information content (AvgIpc) is 3.45. The van der Waals surface area contributed by atoms with E-state index in [1.54, 1.807) is 23.1 Å². The van der Waals surface area contributed by atoms with Gasteiger partial charge in [0.25, 0.3) is 5.91 Å². The number of carbonyl (C=O) groups is 1. The van der Waals surface area contributed by atoms with Gasteiger partial charge in [-0.25, -0.2) is 0 Å². The van der Waals surface area contributed by atoms with Crippen molar-refractivity contribution in [1.29, 1.82) is 0 Å². The summed E-state index contributed by atoms with van der Waals surface area (Å²) in [7, 11) is 0. The topological polar surface area (TPSA) is 62.5 Å². The number of rotatable bonds is 7. The highest BCUT2D eigenvalue weighted by atomic mass is 32.2. The SMILES string of the molecule is Cc1nnc(SCc2c(C(=O)N3CCN(CCc4ccccc4)CC3)oc3ccccc23)s1. The van der Waals surface area contributed by atoms with Crippen LogP contribution in [0.25, 0.3) is 11.0 Å². The van der Waals surface area contributed by atoms with Gasteiger partial charge in [0.15, 0.2) is 10.1 Å². The summed E-state index contributed by atoms with van der Waals surface area (Å²) in [6, 6.07) is 18.4. The molecule has 0 atom stereocenters. The van der Waals surface area contributed by atoms with Crippen LogP contribution in [0.4, 0.5) is 0 Å². The fourth-order valence-corrected chi connectivity index (χ4v) is 5.98. The van der Waals surface area contributed by atoms with Crippen molar-refractivity contribution in [3.05, 3.63) is 76.5 Å². The summed E-state index contributed by atoms with van der Waals surface area (Å²) in [6.07, 6.45) is 1.03. The first-order chi connectivity index (χ1) is 16.2. The lowest BCUT2D eigenvalue weighted by molar-refractivity contribution is 0.0609. The zero-order valence-corrected chi connectivity index (χ0v) is 20.2. The van der Waals surface area contributed by atoms with E-state index >= 15 is 0 Å². The van der Waals surface area contributed by atoms with Crippen LogP contribution in [0.5, 0.6) is 0 Å². The maximum Gasteiger partial charge on any atom is 0.290 e.